The molecule has 0 aliphatic rings. The molecule has 3 aromatic rings. The molecule has 3 nitrogen and oxygen atoms in total. The van der Waals surface area contributed by atoms with Crippen LogP contribution < -0.4 is 0 Å². The van der Waals surface area contributed by atoms with Crippen LogP contribution in [0.25, 0.3) is 10.2 Å². The predicted octanol–water partition coefficient (Wildman–Crippen LogP) is 4.68. The van der Waals surface area contributed by atoms with Crippen molar-refractivity contribution in [2.24, 2.45) is 0 Å². The maximum absolute atomic E-state index is 11.4. The largest absolute Gasteiger partial charge is 0.465 e. The number of aromatic nitrogens is 1. The highest BCUT2D eigenvalue weighted by atomic mass is 32.2. The van der Waals surface area contributed by atoms with Gasteiger partial charge in [0.25, 0.3) is 0 Å². The van der Waals surface area contributed by atoms with Gasteiger partial charge < -0.3 is 4.74 Å². The fraction of sp³-hybridized carbons (Fsp3) is 0.176. The molecule has 0 spiro atoms. The second-order valence-corrected chi connectivity index (χ2v) is 7.18. The molecule has 1 heterocycles. The summed E-state index contributed by atoms with van der Waals surface area (Å²) in [5, 5.41) is 0. The van der Waals surface area contributed by atoms with E-state index in [0.29, 0.717) is 5.56 Å². The van der Waals surface area contributed by atoms with Crippen LogP contribution in [0.1, 0.15) is 21.5 Å². The summed E-state index contributed by atoms with van der Waals surface area (Å²) in [6, 6.07) is 13.8. The van der Waals surface area contributed by atoms with Gasteiger partial charge in [-0.15, -0.1) is 11.3 Å². The average molecular weight is 329 g/mol. The number of carbonyl (C=O) groups is 1. The third kappa shape index (κ3) is 3.31. The lowest BCUT2D eigenvalue weighted by atomic mass is 10.1. The topological polar surface area (TPSA) is 39.2 Å². The Balaban J connectivity index is 1.69. The molecule has 0 N–H and O–H groups in total. The minimum absolute atomic E-state index is 0.305. The zero-order valence-corrected chi connectivity index (χ0v) is 14.0. The number of ether oxygens (including phenoxy) is 1. The minimum Gasteiger partial charge on any atom is -0.465 e. The van der Waals surface area contributed by atoms with Crippen molar-refractivity contribution in [3.8, 4) is 0 Å². The number of fused-ring (bicyclic) bond motifs is 1. The summed E-state index contributed by atoms with van der Waals surface area (Å²) in [6.45, 7) is 2.09. The van der Waals surface area contributed by atoms with Crippen LogP contribution in [0.3, 0.4) is 0 Å². The summed E-state index contributed by atoms with van der Waals surface area (Å²) in [5.74, 6) is 0.529. The fourth-order valence-corrected chi connectivity index (χ4v) is 4.19. The molecule has 0 atom stereocenters. The summed E-state index contributed by atoms with van der Waals surface area (Å²) in [5.41, 5.74) is 4.05. The minimum atomic E-state index is -0.305. The van der Waals surface area contributed by atoms with E-state index in [0.717, 1.165) is 21.2 Å². The highest BCUT2D eigenvalue weighted by molar-refractivity contribution is 8.00. The highest BCUT2D eigenvalue weighted by Gasteiger charge is 2.07. The number of aryl methyl sites for hydroxylation is 1. The van der Waals surface area contributed by atoms with E-state index in [2.05, 4.69) is 30.1 Å². The van der Waals surface area contributed by atoms with Crippen molar-refractivity contribution in [3.05, 3.63) is 59.2 Å². The van der Waals surface area contributed by atoms with Crippen LogP contribution in [0.4, 0.5) is 0 Å². The molecule has 0 amide bonds. The van der Waals surface area contributed by atoms with Gasteiger partial charge in [-0.1, -0.05) is 30.0 Å². The van der Waals surface area contributed by atoms with E-state index in [9.17, 15) is 4.79 Å². The molecule has 5 heteroatoms. The molecule has 0 unspecified atom stereocenters. The summed E-state index contributed by atoms with van der Waals surface area (Å²) >= 11 is 3.44. The van der Waals surface area contributed by atoms with Crippen LogP contribution in [0, 0.1) is 6.92 Å². The molecule has 0 fully saturated rings. The van der Waals surface area contributed by atoms with Gasteiger partial charge in [-0.05, 0) is 42.3 Å². The molecular formula is C17H15NO2S2. The standard InChI is InChI=1S/C17H15NO2S2/c1-11-3-8-14-15(9-11)22-17(18-14)21-10-12-4-6-13(7-5-12)16(19)20-2/h3-9H,10H2,1-2H3. The van der Waals surface area contributed by atoms with E-state index < -0.39 is 0 Å². The molecular weight excluding hydrogens is 314 g/mol. The fourth-order valence-electron chi connectivity index (χ4n) is 2.07. The van der Waals surface area contributed by atoms with E-state index in [4.69, 9.17) is 4.74 Å². The van der Waals surface area contributed by atoms with Crippen LogP contribution >= 0.6 is 23.1 Å². The summed E-state index contributed by atoms with van der Waals surface area (Å²) in [4.78, 5) is 16.0. The van der Waals surface area contributed by atoms with E-state index in [1.54, 1.807) is 35.2 Å². The predicted molar refractivity (Wildman–Crippen MR) is 91.7 cm³/mol. The van der Waals surface area contributed by atoms with Gasteiger partial charge in [0.1, 0.15) is 0 Å². The lowest BCUT2D eigenvalue weighted by Gasteiger charge is -2.01. The number of rotatable bonds is 4. The Labute approximate surface area is 137 Å². The van der Waals surface area contributed by atoms with Crippen LogP contribution in [0.5, 0.6) is 0 Å². The molecule has 112 valence electrons. The lowest BCUT2D eigenvalue weighted by Crippen LogP contribution is -2.00. The van der Waals surface area contributed by atoms with Gasteiger partial charge in [-0.3, -0.25) is 0 Å². The normalized spacial score (nSPS) is 10.8. The molecule has 22 heavy (non-hydrogen) atoms. The van der Waals surface area contributed by atoms with Crippen molar-refractivity contribution in [2.45, 2.75) is 17.0 Å². The first-order valence-corrected chi connectivity index (χ1v) is 8.63. The van der Waals surface area contributed by atoms with E-state index >= 15 is 0 Å². The Morgan fingerprint density at radius 1 is 1.23 bits per heavy atom. The first kappa shape index (κ1) is 15.1. The van der Waals surface area contributed by atoms with E-state index in [1.165, 1.54) is 17.4 Å². The smallest absolute Gasteiger partial charge is 0.337 e. The Kier molecular flexibility index (Phi) is 4.45. The number of benzene rings is 2. The first-order valence-electron chi connectivity index (χ1n) is 6.83. The maximum Gasteiger partial charge on any atom is 0.337 e. The van der Waals surface area contributed by atoms with Crippen LogP contribution in [-0.4, -0.2) is 18.1 Å². The van der Waals surface area contributed by atoms with E-state index in [-0.39, 0.29) is 5.97 Å². The van der Waals surface area contributed by atoms with E-state index in [1.807, 2.05) is 12.1 Å². The number of carbonyl (C=O) groups excluding carboxylic acids is 1. The van der Waals surface area contributed by atoms with Gasteiger partial charge in [0, 0.05) is 5.75 Å². The van der Waals surface area contributed by atoms with Crippen molar-refractivity contribution in [1.29, 1.82) is 0 Å². The summed E-state index contributed by atoms with van der Waals surface area (Å²) in [7, 11) is 1.39. The van der Waals surface area contributed by atoms with Crippen molar-refractivity contribution in [2.75, 3.05) is 7.11 Å². The number of thioether (sulfide) groups is 1. The Bertz CT molecular complexity index is 809. The number of methoxy groups -OCH3 is 1. The number of nitrogens with zero attached hydrogens (tertiary/aromatic N) is 1. The molecule has 0 bridgehead atoms. The Morgan fingerprint density at radius 2 is 2.00 bits per heavy atom. The van der Waals surface area contributed by atoms with Crippen molar-refractivity contribution < 1.29 is 9.53 Å². The van der Waals surface area contributed by atoms with Gasteiger partial charge in [0.05, 0.1) is 22.9 Å². The second kappa shape index (κ2) is 6.50. The van der Waals surface area contributed by atoms with Gasteiger partial charge >= 0.3 is 5.97 Å². The van der Waals surface area contributed by atoms with Crippen molar-refractivity contribution in [3.63, 3.8) is 0 Å². The molecule has 0 saturated heterocycles. The third-order valence-corrected chi connectivity index (χ3v) is 5.49. The molecule has 0 aliphatic heterocycles. The van der Waals surface area contributed by atoms with Gasteiger partial charge in [-0.25, -0.2) is 9.78 Å². The zero-order chi connectivity index (χ0) is 15.5. The van der Waals surface area contributed by atoms with Gasteiger partial charge in [0.2, 0.25) is 0 Å². The van der Waals surface area contributed by atoms with Gasteiger partial charge in [0.15, 0.2) is 4.34 Å². The SMILES string of the molecule is COC(=O)c1ccc(CSc2nc3ccc(C)cc3s2)cc1. The monoisotopic (exact) mass is 329 g/mol. The number of hydrogen-bond acceptors (Lipinski definition) is 5. The first-order chi connectivity index (χ1) is 10.7. The quantitative estimate of drug-likeness (QED) is 0.514. The maximum atomic E-state index is 11.4. The van der Waals surface area contributed by atoms with Gasteiger partial charge in [-0.2, -0.15) is 0 Å². The molecule has 3 rings (SSSR count). The van der Waals surface area contributed by atoms with Crippen molar-refractivity contribution >= 4 is 39.3 Å². The number of esters is 1. The van der Waals surface area contributed by atoms with Crippen LogP contribution in [-0.2, 0) is 10.5 Å². The molecule has 0 radical (unpaired) electrons. The van der Waals surface area contributed by atoms with Crippen LogP contribution in [0.15, 0.2) is 46.8 Å². The average Bonchev–Trinajstić information content (AvgIpc) is 2.94. The molecule has 0 aliphatic carbocycles. The Morgan fingerprint density at radius 3 is 2.73 bits per heavy atom. The molecule has 1 aromatic heterocycles. The van der Waals surface area contributed by atoms with Crippen LogP contribution in [0.2, 0.25) is 0 Å². The molecule has 0 saturated carbocycles. The number of hydrogen-bond donors (Lipinski definition) is 0. The lowest BCUT2D eigenvalue weighted by molar-refractivity contribution is 0.0600. The highest BCUT2D eigenvalue weighted by Crippen LogP contribution is 2.32. The summed E-state index contributed by atoms with van der Waals surface area (Å²) in [6.07, 6.45) is 0. The number of thiazole rings is 1. The molecule has 2 aromatic carbocycles. The summed E-state index contributed by atoms with van der Waals surface area (Å²) < 4.78 is 6.99. The van der Waals surface area contributed by atoms with Crippen molar-refractivity contribution in [1.82, 2.24) is 4.98 Å². The Hall–Kier alpha value is -1.85. The third-order valence-electron chi connectivity index (χ3n) is 3.26. The second-order valence-electron chi connectivity index (χ2n) is 4.93. The zero-order valence-electron chi connectivity index (χ0n) is 12.3.